The van der Waals surface area contributed by atoms with Gasteiger partial charge < -0.3 is 15.7 Å². The Bertz CT molecular complexity index is 491. The van der Waals surface area contributed by atoms with Crippen molar-refractivity contribution >= 4 is 11.6 Å². The molecular weight excluding hydrogens is 252 g/mol. The van der Waals surface area contributed by atoms with Crippen LogP contribution in [0.1, 0.15) is 32.3 Å². The molecule has 1 aromatic rings. The van der Waals surface area contributed by atoms with E-state index in [1.165, 1.54) is 0 Å². The second-order valence-corrected chi connectivity index (χ2v) is 6.22. The number of phenolic OH excluding ortho intramolecular Hbond substituents is 1. The number of aromatic hydroxyl groups is 1. The average Bonchev–Trinajstić information content (AvgIpc) is 2.44. The number of hydrogen-bond donors (Lipinski definition) is 3. The Morgan fingerprint density at radius 3 is 2.80 bits per heavy atom. The molecule has 4 nitrogen and oxygen atoms in total. The molecule has 1 fully saturated rings. The number of carbonyl (C=O) groups is 1. The standard InChI is InChI=1S/C16H24N2O2/c1-11-9-13(6-7-14(11)19)18-15(20)16(2,3)12-5-4-8-17-10-12/h6-7,9,12,17,19H,4-5,8,10H2,1-3H3,(H,18,20). The van der Waals surface area contributed by atoms with E-state index in [1.54, 1.807) is 18.2 Å². The molecule has 1 saturated heterocycles. The minimum absolute atomic E-state index is 0.0382. The zero-order chi connectivity index (χ0) is 14.8. The summed E-state index contributed by atoms with van der Waals surface area (Å²) in [6.07, 6.45) is 2.21. The normalized spacial score (nSPS) is 19.6. The molecule has 110 valence electrons. The first-order chi connectivity index (χ1) is 9.41. The maximum atomic E-state index is 12.5. The quantitative estimate of drug-likeness (QED) is 0.744. The van der Waals surface area contributed by atoms with Crippen LogP contribution in [0.5, 0.6) is 5.75 Å². The van der Waals surface area contributed by atoms with Crippen LogP contribution < -0.4 is 10.6 Å². The van der Waals surface area contributed by atoms with Gasteiger partial charge in [0.25, 0.3) is 0 Å². The van der Waals surface area contributed by atoms with Gasteiger partial charge in [-0.3, -0.25) is 4.79 Å². The van der Waals surface area contributed by atoms with Gasteiger partial charge in [-0.05, 0) is 62.5 Å². The van der Waals surface area contributed by atoms with Crippen LogP contribution in [-0.4, -0.2) is 24.1 Å². The molecule has 4 heteroatoms. The van der Waals surface area contributed by atoms with E-state index in [1.807, 2.05) is 20.8 Å². The van der Waals surface area contributed by atoms with E-state index >= 15 is 0 Å². The summed E-state index contributed by atoms with van der Waals surface area (Å²) in [5.74, 6) is 0.643. The molecule has 0 radical (unpaired) electrons. The Labute approximate surface area is 120 Å². The van der Waals surface area contributed by atoms with Crippen molar-refractivity contribution in [3.8, 4) is 5.75 Å². The van der Waals surface area contributed by atoms with E-state index in [-0.39, 0.29) is 11.7 Å². The topological polar surface area (TPSA) is 61.4 Å². The zero-order valence-corrected chi connectivity index (χ0v) is 12.5. The monoisotopic (exact) mass is 276 g/mol. The van der Waals surface area contributed by atoms with E-state index in [0.29, 0.717) is 5.92 Å². The van der Waals surface area contributed by atoms with Gasteiger partial charge in [-0.15, -0.1) is 0 Å². The Kier molecular flexibility index (Phi) is 4.33. The van der Waals surface area contributed by atoms with Crippen LogP contribution >= 0.6 is 0 Å². The largest absolute Gasteiger partial charge is 0.508 e. The lowest BCUT2D eigenvalue weighted by atomic mass is 9.74. The Hall–Kier alpha value is -1.55. The minimum Gasteiger partial charge on any atom is -0.508 e. The molecule has 3 N–H and O–H groups in total. The summed E-state index contributed by atoms with van der Waals surface area (Å²) >= 11 is 0. The molecule has 1 aliphatic heterocycles. The van der Waals surface area contributed by atoms with Gasteiger partial charge in [0.15, 0.2) is 0 Å². The third kappa shape index (κ3) is 3.12. The van der Waals surface area contributed by atoms with Gasteiger partial charge in [0.1, 0.15) is 5.75 Å². The van der Waals surface area contributed by atoms with Crippen molar-refractivity contribution in [1.29, 1.82) is 0 Å². The van der Waals surface area contributed by atoms with Crippen molar-refractivity contribution in [3.05, 3.63) is 23.8 Å². The molecule has 2 rings (SSSR count). The fraction of sp³-hybridized carbons (Fsp3) is 0.562. The summed E-state index contributed by atoms with van der Waals surface area (Å²) in [5, 5.41) is 15.9. The lowest BCUT2D eigenvalue weighted by molar-refractivity contribution is -0.127. The van der Waals surface area contributed by atoms with Crippen molar-refractivity contribution < 1.29 is 9.90 Å². The smallest absolute Gasteiger partial charge is 0.230 e. The van der Waals surface area contributed by atoms with E-state index in [2.05, 4.69) is 10.6 Å². The molecule has 1 heterocycles. The third-order valence-electron chi connectivity index (χ3n) is 4.36. The van der Waals surface area contributed by atoms with Crippen molar-refractivity contribution in [2.75, 3.05) is 18.4 Å². The van der Waals surface area contributed by atoms with Crippen LogP contribution in [0.2, 0.25) is 0 Å². The fourth-order valence-corrected chi connectivity index (χ4v) is 2.68. The van der Waals surface area contributed by atoms with E-state index in [9.17, 15) is 9.90 Å². The Balaban J connectivity index is 2.07. The predicted molar refractivity (Wildman–Crippen MR) is 80.8 cm³/mol. The Morgan fingerprint density at radius 1 is 1.45 bits per heavy atom. The highest BCUT2D eigenvalue weighted by Gasteiger charge is 2.37. The molecule has 0 aliphatic carbocycles. The lowest BCUT2D eigenvalue weighted by Gasteiger charge is -2.36. The predicted octanol–water partition coefficient (Wildman–Crippen LogP) is 2.66. The molecule has 20 heavy (non-hydrogen) atoms. The second-order valence-electron chi connectivity index (χ2n) is 6.22. The van der Waals surface area contributed by atoms with Gasteiger partial charge in [-0.1, -0.05) is 13.8 Å². The number of phenols is 1. The van der Waals surface area contributed by atoms with Gasteiger partial charge in [-0.2, -0.15) is 0 Å². The van der Waals surface area contributed by atoms with Gasteiger partial charge in [0, 0.05) is 11.1 Å². The molecule has 1 atom stereocenters. The maximum Gasteiger partial charge on any atom is 0.230 e. The Morgan fingerprint density at radius 2 is 2.20 bits per heavy atom. The number of piperidine rings is 1. The molecule has 0 spiro atoms. The van der Waals surface area contributed by atoms with Crippen molar-refractivity contribution in [2.24, 2.45) is 11.3 Å². The summed E-state index contributed by atoms with van der Waals surface area (Å²) in [7, 11) is 0. The van der Waals surface area contributed by atoms with Gasteiger partial charge in [0.05, 0.1) is 0 Å². The van der Waals surface area contributed by atoms with Crippen LogP contribution in [-0.2, 0) is 4.79 Å². The summed E-state index contributed by atoms with van der Waals surface area (Å²) in [5.41, 5.74) is 1.10. The summed E-state index contributed by atoms with van der Waals surface area (Å²) in [6.45, 7) is 7.78. The highest BCUT2D eigenvalue weighted by Crippen LogP contribution is 2.33. The first kappa shape index (κ1) is 14.9. The van der Waals surface area contributed by atoms with Gasteiger partial charge in [0.2, 0.25) is 5.91 Å². The van der Waals surface area contributed by atoms with E-state index in [4.69, 9.17) is 0 Å². The van der Waals surface area contributed by atoms with Crippen LogP contribution in [0, 0.1) is 18.3 Å². The van der Waals surface area contributed by atoms with Crippen molar-refractivity contribution in [1.82, 2.24) is 5.32 Å². The molecule has 1 aromatic carbocycles. The van der Waals surface area contributed by atoms with E-state index in [0.717, 1.165) is 37.2 Å². The molecule has 1 aliphatic rings. The molecule has 0 saturated carbocycles. The highest BCUT2D eigenvalue weighted by atomic mass is 16.3. The lowest BCUT2D eigenvalue weighted by Crippen LogP contribution is -2.44. The number of aryl methyl sites for hydroxylation is 1. The van der Waals surface area contributed by atoms with Crippen LogP contribution in [0.4, 0.5) is 5.69 Å². The van der Waals surface area contributed by atoms with E-state index < -0.39 is 5.41 Å². The summed E-state index contributed by atoms with van der Waals surface area (Å²) < 4.78 is 0. The summed E-state index contributed by atoms with van der Waals surface area (Å²) in [6, 6.07) is 5.14. The fourth-order valence-electron chi connectivity index (χ4n) is 2.68. The van der Waals surface area contributed by atoms with Crippen LogP contribution in [0.15, 0.2) is 18.2 Å². The second kappa shape index (κ2) is 5.83. The van der Waals surface area contributed by atoms with Crippen molar-refractivity contribution in [3.63, 3.8) is 0 Å². The number of hydrogen-bond acceptors (Lipinski definition) is 3. The first-order valence-electron chi connectivity index (χ1n) is 7.23. The number of rotatable bonds is 3. The summed E-state index contributed by atoms with van der Waals surface area (Å²) in [4.78, 5) is 12.5. The van der Waals surface area contributed by atoms with Crippen LogP contribution in [0.25, 0.3) is 0 Å². The minimum atomic E-state index is -0.404. The van der Waals surface area contributed by atoms with Crippen LogP contribution in [0.3, 0.4) is 0 Å². The maximum absolute atomic E-state index is 12.5. The average molecular weight is 276 g/mol. The molecule has 1 amide bonds. The molecule has 0 bridgehead atoms. The SMILES string of the molecule is Cc1cc(NC(=O)C(C)(C)C2CCCNC2)ccc1O. The number of amides is 1. The number of nitrogens with one attached hydrogen (secondary N) is 2. The first-order valence-corrected chi connectivity index (χ1v) is 7.23. The van der Waals surface area contributed by atoms with Gasteiger partial charge in [-0.25, -0.2) is 0 Å². The zero-order valence-electron chi connectivity index (χ0n) is 12.5. The number of benzene rings is 1. The number of anilines is 1. The number of carbonyl (C=O) groups excluding carboxylic acids is 1. The molecular formula is C16H24N2O2. The van der Waals surface area contributed by atoms with Gasteiger partial charge >= 0.3 is 0 Å². The highest BCUT2D eigenvalue weighted by molar-refractivity contribution is 5.95. The van der Waals surface area contributed by atoms with Crippen molar-refractivity contribution in [2.45, 2.75) is 33.6 Å². The molecule has 0 aromatic heterocycles. The molecule has 1 unspecified atom stereocenters. The third-order valence-corrected chi connectivity index (χ3v) is 4.36.